The molecule has 144 valence electrons. The van der Waals surface area contributed by atoms with Crippen LogP contribution in [0, 0.1) is 17.3 Å². The molecule has 0 aromatic heterocycles. The van der Waals surface area contributed by atoms with Crippen LogP contribution in [0.15, 0.2) is 18.2 Å². The van der Waals surface area contributed by atoms with Gasteiger partial charge in [-0.1, -0.05) is 48.5 Å². The Morgan fingerprint density at radius 1 is 0.885 bits per heavy atom. The Labute approximate surface area is 156 Å². The van der Waals surface area contributed by atoms with E-state index in [4.69, 9.17) is 0 Å². The van der Waals surface area contributed by atoms with Crippen molar-refractivity contribution < 1.29 is 14.4 Å². The lowest BCUT2D eigenvalue weighted by atomic mass is 9.89. The number of carbonyl (C=O) groups is 3. The topological polar surface area (TPSA) is 87.3 Å². The highest BCUT2D eigenvalue weighted by Gasteiger charge is 2.25. The largest absolute Gasteiger partial charge is 0.326 e. The smallest absolute Gasteiger partial charge is 0.230 e. The van der Waals surface area contributed by atoms with E-state index in [1.807, 2.05) is 20.8 Å². The van der Waals surface area contributed by atoms with E-state index in [2.05, 4.69) is 16.0 Å². The van der Waals surface area contributed by atoms with Crippen molar-refractivity contribution in [2.45, 2.75) is 54.9 Å². The Morgan fingerprint density at radius 2 is 1.38 bits per heavy atom. The van der Waals surface area contributed by atoms with Crippen LogP contribution in [0.4, 0.5) is 17.1 Å². The lowest BCUT2D eigenvalue weighted by Gasteiger charge is -2.22. The van der Waals surface area contributed by atoms with Crippen molar-refractivity contribution in [2.75, 3.05) is 16.0 Å². The van der Waals surface area contributed by atoms with Gasteiger partial charge in [0.15, 0.2) is 0 Å². The zero-order valence-electron chi connectivity index (χ0n) is 16.8. The van der Waals surface area contributed by atoms with Gasteiger partial charge in [0.05, 0.1) is 11.4 Å². The van der Waals surface area contributed by atoms with Crippen molar-refractivity contribution >= 4 is 34.8 Å². The summed E-state index contributed by atoms with van der Waals surface area (Å²) >= 11 is 0. The van der Waals surface area contributed by atoms with Crippen molar-refractivity contribution in [3.63, 3.8) is 0 Å². The van der Waals surface area contributed by atoms with E-state index in [1.54, 1.807) is 45.9 Å². The minimum Gasteiger partial charge on any atom is -0.326 e. The summed E-state index contributed by atoms with van der Waals surface area (Å²) in [5, 5.41) is 8.50. The van der Waals surface area contributed by atoms with Crippen molar-refractivity contribution in [1.82, 2.24) is 0 Å². The summed E-state index contributed by atoms with van der Waals surface area (Å²) in [6, 6.07) is 5.06. The average Bonchev–Trinajstić information content (AvgIpc) is 2.56. The molecule has 0 spiro atoms. The molecule has 0 saturated heterocycles. The predicted molar refractivity (Wildman–Crippen MR) is 106 cm³/mol. The van der Waals surface area contributed by atoms with Crippen molar-refractivity contribution in [1.29, 1.82) is 0 Å². The third-order valence-electron chi connectivity index (χ3n) is 4.34. The van der Waals surface area contributed by atoms with Gasteiger partial charge in [0, 0.05) is 22.9 Å². The zero-order chi connectivity index (χ0) is 20.1. The summed E-state index contributed by atoms with van der Waals surface area (Å²) in [5.74, 6) is -0.800. The van der Waals surface area contributed by atoms with Gasteiger partial charge in [0.2, 0.25) is 17.7 Å². The number of carbonyl (C=O) groups excluding carboxylic acids is 3. The first-order valence-electron chi connectivity index (χ1n) is 9.05. The van der Waals surface area contributed by atoms with Crippen LogP contribution in [-0.4, -0.2) is 17.7 Å². The molecule has 0 aliphatic rings. The van der Waals surface area contributed by atoms with Crippen LogP contribution < -0.4 is 16.0 Å². The van der Waals surface area contributed by atoms with Gasteiger partial charge in [-0.15, -0.1) is 0 Å². The summed E-state index contributed by atoms with van der Waals surface area (Å²) in [5.41, 5.74) is 1.04. The van der Waals surface area contributed by atoms with Gasteiger partial charge in [0.1, 0.15) is 0 Å². The first-order valence-corrected chi connectivity index (χ1v) is 9.05. The molecular weight excluding hydrogens is 330 g/mol. The van der Waals surface area contributed by atoms with Crippen LogP contribution in [0.1, 0.15) is 54.9 Å². The van der Waals surface area contributed by atoms with E-state index in [0.29, 0.717) is 23.5 Å². The molecule has 3 amide bonds. The van der Waals surface area contributed by atoms with Crippen molar-refractivity contribution in [3.05, 3.63) is 18.2 Å². The van der Waals surface area contributed by atoms with Crippen LogP contribution in [0.3, 0.4) is 0 Å². The fourth-order valence-electron chi connectivity index (χ4n) is 1.85. The Kier molecular flexibility index (Phi) is 7.36. The maximum atomic E-state index is 12.4. The highest BCUT2D eigenvalue weighted by Crippen LogP contribution is 2.29. The number of rotatable bonds is 7. The molecular formula is C20H31N3O3. The van der Waals surface area contributed by atoms with Gasteiger partial charge >= 0.3 is 0 Å². The zero-order valence-corrected chi connectivity index (χ0v) is 16.8. The monoisotopic (exact) mass is 361 g/mol. The van der Waals surface area contributed by atoms with Gasteiger partial charge in [-0.05, 0) is 24.6 Å². The maximum absolute atomic E-state index is 12.4. The quantitative estimate of drug-likeness (QED) is 0.678. The second-order valence-electron chi connectivity index (χ2n) is 7.74. The van der Waals surface area contributed by atoms with E-state index < -0.39 is 5.41 Å². The normalized spacial score (nSPS) is 11.4. The molecule has 0 fully saturated rings. The summed E-state index contributed by atoms with van der Waals surface area (Å²) < 4.78 is 0. The fraction of sp³-hybridized carbons (Fsp3) is 0.550. The molecule has 0 radical (unpaired) electrons. The van der Waals surface area contributed by atoms with Gasteiger partial charge in [-0.25, -0.2) is 0 Å². The van der Waals surface area contributed by atoms with E-state index in [-0.39, 0.29) is 29.6 Å². The molecule has 1 aromatic rings. The van der Waals surface area contributed by atoms with Crippen LogP contribution in [0.5, 0.6) is 0 Å². The third kappa shape index (κ3) is 5.86. The van der Waals surface area contributed by atoms with E-state index in [1.165, 1.54) is 0 Å². The van der Waals surface area contributed by atoms with Crippen molar-refractivity contribution in [3.8, 4) is 0 Å². The molecule has 0 bridgehead atoms. The van der Waals surface area contributed by atoms with Crippen molar-refractivity contribution in [2.24, 2.45) is 17.3 Å². The van der Waals surface area contributed by atoms with E-state index >= 15 is 0 Å². The first kappa shape index (κ1) is 21.7. The molecule has 0 aliphatic heterocycles. The Hall–Kier alpha value is -2.37. The molecule has 0 aliphatic carbocycles. The highest BCUT2D eigenvalue weighted by molar-refractivity contribution is 6.02. The van der Waals surface area contributed by atoms with Crippen LogP contribution in [0.2, 0.25) is 0 Å². The molecule has 0 atom stereocenters. The SMILES string of the molecule is CCC(C)(C)C(=O)Nc1ccc(NC(=O)C(C)C)c(NC(=O)C(C)C)c1. The van der Waals surface area contributed by atoms with Gasteiger partial charge < -0.3 is 16.0 Å². The molecule has 3 N–H and O–H groups in total. The number of hydrogen-bond donors (Lipinski definition) is 3. The third-order valence-corrected chi connectivity index (χ3v) is 4.34. The molecule has 0 heterocycles. The molecule has 6 heteroatoms. The Bertz CT molecular complexity index is 679. The number of amides is 3. The predicted octanol–water partition coefficient (Wildman–Crippen LogP) is 4.25. The molecule has 1 rings (SSSR count). The summed E-state index contributed by atoms with van der Waals surface area (Å²) in [4.78, 5) is 36.5. The first-order chi connectivity index (χ1) is 12.0. The Balaban J connectivity index is 3.15. The highest BCUT2D eigenvalue weighted by atomic mass is 16.2. The molecule has 0 unspecified atom stereocenters. The van der Waals surface area contributed by atoms with Gasteiger partial charge in [0.25, 0.3) is 0 Å². The number of nitrogens with one attached hydrogen (secondary N) is 3. The Morgan fingerprint density at radius 3 is 1.85 bits per heavy atom. The number of benzene rings is 1. The summed E-state index contributed by atoms with van der Waals surface area (Å²) in [6.45, 7) is 12.9. The summed E-state index contributed by atoms with van der Waals surface area (Å²) in [6.07, 6.45) is 0.707. The van der Waals surface area contributed by atoms with E-state index in [9.17, 15) is 14.4 Å². The van der Waals surface area contributed by atoms with E-state index in [0.717, 1.165) is 0 Å². The average molecular weight is 361 g/mol. The number of hydrogen-bond acceptors (Lipinski definition) is 3. The molecule has 6 nitrogen and oxygen atoms in total. The molecule has 0 saturated carbocycles. The van der Waals surface area contributed by atoms with Crippen LogP contribution in [0.25, 0.3) is 0 Å². The number of anilines is 3. The molecule has 1 aromatic carbocycles. The minimum atomic E-state index is -0.494. The van der Waals surface area contributed by atoms with Gasteiger partial charge in [-0.3, -0.25) is 14.4 Å². The molecule has 26 heavy (non-hydrogen) atoms. The van der Waals surface area contributed by atoms with Crippen LogP contribution in [-0.2, 0) is 14.4 Å². The standard InChI is InChI=1S/C20H31N3O3/c1-8-20(6,7)19(26)21-14-9-10-15(22-17(24)12(2)3)16(11-14)23-18(25)13(4)5/h9-13H,8H2,1-7H3,(H,21,26)(H,22,24)(H,23,25). The lowest BCUT2D eigenvalue weighted by molar-refractivity contribution is -0.124. The lowest BCUT2D eigenvalue weighted by Crippen LogP contribution is -2.30. The van der Waals surface area contributed by atoms with Gasteiger partial charge in [-0.2, -0.15) is 0 Å². The summed E-state index contributed by atoms with van der Waals surface area (Å²) in [7, 11) is 0. The second-order valence-corrected chi connectivity index (χ2v) is 7.74. The second kappa shape index (κ2) is 8.83. The fourth-order valence-corrected chi connectivity index (χ4v) is 1.85. The minimum absolute atomic E-state index is 0.0971. The maximum Gasteiger partial charge on any atom is 0.230 e. The van der Waals surface area contributed by atoms with Crippen LogP contribution >= 0.6 is 0 Å².